The molecule has 0 aromatic rings. The van der Waals surface area contributed by atoms with Crippen molar-refractivity contribution in [2.24, 2.45) is 5.92 Å². The predicted octanol–water partition coefficient (Wildman–Crippen LogP) is 3.18. The molecular formula is C13H17NO. The Balaban J connectivity index is 4.11. The number of Topliss-reactive ketones (excluding diaryl/α,β-unsaturated/α-hetero) is 1. The van der Waals surface area contributed by atoms with Crippen molar-refractivity contribution in [1.82, 2.24) is 0 Å². The van der Waals surface area contributed by atoms with Crippen molar-refractivity contribution in [2.45, 2.75) is 26.7 Å². The summed E-state index contributed by atoms with van der Waals surface area (Å²) < 4.78 is 0. The van der Waals surface area contributed by atoms with E-state index in [-0.39, 0.29) is 11.7 Å². The van der Waals surface area contributed by atoms with Crippen LogP contribution < -0.4 is 0 Å². The molecule has 0 bridgehead atoms. The number of nitriles is 1. The van der Waals surface area contributed by atoms with E-state index in [1.807, 2.05) is 13.0 Å². The minimum atomic E-state index is 0.195. The molecule has 0 aliphatic rings. The first kappa shape index (κ1) is 13.4. The lowest BCUT2D eigenvalue weighted by Gasteiger charge is -2.09. The Morgan fingerprint density at radius 3 is 2.53 bits per heavy atom. The summed E-state index contributed by atoms with van der Waals surface area (Å²) in [5, 5.41) is 8.49. The Morgan fingerprint density at radius 2 is 2.07 bits per heavy atom. The van der Waals surface area contributed by atoms with E-state index in [9.17, 15) is 4.79 Å². The third kappa shape index (κ3) is 6.45. The normalized spacial score (nSPS) is 12.1. The van der Waals surface area contributed by atoms with Crippen LogP contribution in [0.4, 0.5) is 0 Å². The summed E-state index contributed by atoms with van der Waals surface area (Å²) in [5.74, 6) is 0.455. The molecule has 0 heterocycles. The molecule has 1 unspecified atom stereocenters. The van der Waals surface area contributed by atoms with E-state index in [0.29, 0.717) is 12.0 Å². The van der Waals surface area contributed by atoms with Crippen molar-refractivity contribution in [3.05, 3.63) is 36.5 Å². The van der Waals surface area contributed by atoms with Crippen LogP contribution in [0.5, 0.6) is 0 Å². The van der Waals surface area contributed by atoms with Crippen LogP contribution in [-0.2, 0) is 4.79 Å². The Bertz CT molecular complexity index is 331. The number of hydrogen-bond acceptors (Lipinski definition) is 2. The van der Waals surface area contributed by atoms with Crippen LogP contribution in [0.1, 0.15) is 26.7 Å². The van der Waals surface area contributed by atoms with Gasteiger partial charge in [0.05, 0.1) is 6.07 Å². The largest absolute Gasteiger partial charge is 0.300 e. The summed E-state index contributed by atoms with van der Waals surface area (Å²) in [4.78, 5) is 10.8. The molecule has 0 N–H and O–H groups in total. The standard InChI is InChI=1S/C13H17NO/c1-10(9-14)5-6-11(2)12(3)7-8-13(4)15/h5-6,12H,1-2,7-8H2,3-4H3/b6-5-. The highest BCUT2D eigenvalue weighted by atomic mass is 16.1. The lowest BCUT2D eigenvalue weighted by atomic mass is 9.95. The van der Waals surface area contributed by atoms with Crippen molar-refractivity contribution in [3.8, 4) is 6.07 Å². The highest BCUT2D eigenvalue weighted by Crippen LogP contribution is 2.16. The van der Waals surface area contributed by atoms with Gasteiger partial charge in [0.2, 0.25) is 0 Å². The molecule has 0 aromatic carbocycles. The third-order valence-corrected chi connectivity index (χ3v) is 2.20. The first-order chi connectivity index (χ1) is 6.97. The summed E-state index contributed by atoms with van der Waals surface area (Å²) in [6, 6.07) is 1.93. The molecule has 0 amide bonds. The number of allylic oxidation sites excluding steroid dienone is 4. The molecule has 2 nitrogen and oxygen atoms in total. The van der Waals surface area contributed by atoms with Crippen LogP contribution in [0.2, 0.25) is 0 Å². The number of carbonyl (C=O) groups excluding carboxylic acids is 1. The smallest absolute Gasteiger partial charge is 0.129 e. The van der Waals surface area contributed by atoms with Gasteiger partial charge in [-0.05, 0) is 25.3 Å². The first-order valence-electron chi connectivity index (χ1n) is 4.92. The highest BCUT2D eigenvalue weighted by molar-refractivity contribution is 5.75. The average molecular weight is 203 g/mol. The van der Waals surface area contributed by atoms with Crippen LogP contribution in [0.3, 0.4) is 0 Å². The SMILES string of the molecule is C=C(C#N)/C=C\C(=C)C(C)CCC(C)=O. The zero-order chi connectivity index (χ0) is 11.8. The number of rotatable bonds is 6. The molecule has 0 aliphatic heterocycles. The maximum atomic E-state index is 10.8. The van der Waals surface area contributed by atoms with Gasteiger partial charge in [-0.2, -0.15) is 5.26 Å². The third-order valence-electron chi connectivity index (χ3n) is 2.20. The molecule has 0 aromatic heterocycles. The maximum absolute atomic E-state index is 10.8. The molecule has 0 aliphatic carbocycles. The second-order valence-corrected chi connectivity index (χ2v) is 3.69. The van der Waals surface area contributed by atoms with Crippen LogP contribution >= 0.6 is 0 Å². The van der Waals surface area contributed by atoms with Gasteiger partial charge in [0, 0.05) is 12.0 Å². The molecular weight excluding hydrogens is 186 g/mol. The van der Waals surface area contributed by atoms with E-state index >= 15 is 0 Å². The first-order valence-corrected chi connectivity index (χ1v) is 4.92. The quantitative estimate of drug-likeness (QED) is 0.491. The van der Waals surface area contributed by atoms with E-state index in [2.05, 4.69) is 13.2 Å². The number of nitrogens with zero attached hydrogens (tertiary/aromatic N) is 1. The van der Waals surface area contributed by atoms with Gasteiger partial charge in [-0.3, -0.25) is 0 Å². The predicted molar refractivity (Wildman–Crippen MR) is 62.1 cm³/mol. The summed E-state index contributed by atoms with van der Waals surface area (Å²) in [6.45, 7) is 11.0. The fraction of sp³-hybridized carbons (Fsp3) is 0.385. The lowest BCUT2D eigenvalue weighted by Crippen LogP contribution is -2.00. The summed E-state index contributed by atoms with van der Waals surface area (Å²) >= 11 is 0. The van der Waals surface area contributed by atoms with Gasteiger partial charge < -0.3 is 4.79 Å². The second kappa shape index (κ2) is 6.78. The number of hydrogen-bond donors (Lipinski definition) is 0. The van der Waals surface area contributed by atoms with Gasteiger partial charge in [0.15, 0.2) is 0 Å². The molecule has 0 radical (unpaired) electrons. The molecule has 0 saturated heterocycles. The highest BCUT2D eigenvalue weighted by Gasteiger charge is 2.05. The van der Waals surface area contributed by atoms with Crippen LogP contribution in [0, 0.1) is 17.2 Å². The minimum absolute atomic E-state index is 0.195. The van der Waals surface area contributed by atoms with Crippen molar-refractivity contribution in [2.75, 3.05) is 0 Å². The van der Waals surface area contributed by atoms with Crippen molar-refractivity contribution < 1.29 is 4.79 Å². The molecule has 0 saturated carbocycles. The van der Waals surface area contributed by atoms with Crippen molar-refractivity contribution in [1.29, 1.82) is 5.26 Å². The monoisotopic (exact) mass is 203 g/mol. The van der Waals surface area contributed by atoms with E-state index in [1.165, 1.54) is 0 Å². The Kier molecular flexibility index (Phi) is 6.05. The molecule has 80 valence electrons. The summed E-state index contributed by atoms with van der Waals surface area (Å²) in [7, 11) is 0. The fourth-order valence-electron chi connectivity index (χ4n) is 1.01. The van der Waals surface area contributed by atoms with Crippen LogP contribution in [0.15, 0.2) is 36.5 Å². The zero-order valence-corrected chi connectivity index (χ0v) is 9.42. The van der Waals surface area contributed by atoms with E-state index in [4.69, 9.17) is 5.26 Å². The van der Waals surface area contributed by atoms with Crippen LogP contribution in [0.25, 0.3) is 0 Å². The fourth-order valence-corrected chi connectivity index (χ4v) is 1.01. The van der Waals surface area contributed by atoms with Crippen molar-refractivity contribution >= 4 is 5.78 Å². The van der Waals surface area contributed by atoms with Gasteiger partial charge in [-0.1, -0.05) is 31.7 Å². The Hall–Kier alpha value is -1.62. The number of carbonyl (C=O) groups is 1. The molecule has 1 atom stereocenters. The van der Waals surface area contributed by atoms with Gasteiger partial charge in [-0.15, -0.1) is 0 Å². The molecule has 15 heavy (non-hydrogen) atoms. The topological polar surface area (TPSA) is 40.9 Å². The van der Waals surface area contributed by atoms with Crippen LogP contribution in [-0.4, -0.2) is 5.78 Å². The lowest BCUT2D eigenvalue weighted by molar-refractivity contribution is -0.117. The minimum Gasteiger partial charge on any atom is -0.300 e. The second-order valence-electron chi connectivity index (χ2n) is 3.69. The zero-order valence-electron chi connectivity index (χ0n) is 9.42. The molecule has 0 spiro atoms. The molecule has 0 fully saturated rings. The molecule has 0 rings (SSSR count). The number of ketones is 1. The summed E-state index contributed by atoms with van der Waals surface area (Å²) in [6.07, 6.45) is 4.81. The molecule has 2 heteroatoms. The van der Waals surface area contributed by atoms with Crippen molar-refractivity contribution in [3.63, 3.8) is 0 Å². The Labute approximate surface area is 91.6 Å². The Morgan fingerprint density at radius 1 is 1.47 bits per heavy atom. The van der Waals surface area contributed by atoms with E-state index < -0.39 is 0 Å². The van der Waals surface area contributed by atoms with Gasteiger partial charge in [-0.25, -0.2) is 0 Å². The van der Waals surface area contributed by atoms with E-state index in [0.717, 1.165) is 12.0 Å². The maximum Gasteiger partial charge on any atom is 0.129 e. The summed E-state index contributed by atoms with van der Waals surface area (Å²) in [5.41, 5.74) is 1.34. The van der Waals surface area contributed by atoms with E-state index in [1.54, 1.807) is 19.1 Å². The van der Waals surface area contributed by atoms with Gasteiger partial charge in [0.25, 0.3) is 0 Å². The van der Waals surface area contributed by atoms with Gasteiger partial charge >= 0.3 is 0 Å². The average Bonchev–Trinajstić information content (AvgIpc) is 2.21. The van der Waals surface area contributed by atoms with Gasteiger partial charge in [0.1, 0.15) is 5.78 Å².